The fourth-order valence-electron chi connectivity index (χ4n) is 7.04. The molecule has 17 heteroatoms. The Hall–Kier alpha value is -6.05. The van der Waals surface area contributed by atoms with Gasteiger partial charge in [-0.25, -0.2) is 4.68 Å². The maximum Gasteiger partial charge on any atom is 0.311 e. The third-order valence-corrected chi connectivity index (χ3v) is 10.1. The highest BCUT2D eigenvalue weighted by Crippen LogP contribution is 2.36. The molecule has 7 rings (SSSR count). The van der Waals surface area contributed by atoms with Crippen LogP contribution < -0.4 is 4.74 Å². The number of nitro groups is 1. The third-order valence-electron chi connectivity index (χ3n) is 10.1. The Kier molecular flexibility index (Phi) is 12.5. The van der Waals surface area contributed by atoms with Crippen LogP contribution in [0.5, 0.6) is 17.2 Å². The molecule has 0 bridgehead atoms. The van der Waals surface area contributed by atoms with Gasteiger partial charge in [-0.15, -0.1) is 5.10 Å². The molecule has 1 aliphatic rings. The summed E-state index contributed by atoms with van der Waals surface area (Å²) in [6.45, 7) is 0.877. The highest BCUT2D eigenvalue weighted by Gasteiger charge is 2.45. The first-order chi connectivity index (χ1) is 28.1. The number of para-hydroxylation sites is 3. The number of phenols is 2. The summed E-state index contributed by atoms with van der Waals surface area (Å²) in [5, 5.41) is 84.1. The van der Waals surface area contributed by atoms with E-state index in [1.807, 2.05) is 59.5 Å². The molecule has 58 heavy (non-hydrogen) atoms. The summed E-state index contributed by atoms with van der Waals surface area (Å²) in [6.07, 6.45) is -7.31. The first kappa shape index (κ1) is 40.2. The molecule has 1 fully saturated rings. The Morgan fingerprint density at radius 3 is 2.14 bits per heavy atom. The van der Waals surface area contributed by atoms with Crippen LogP contribution in [0.25, 0.3) is 11.0 Å². The van der Waals surface area contributed by atoms with Gasteiger partial charge in [0.1, 0.15) is 47.6 Å². The lowest BCUT2D eigenvalue weighted by atomic mass is 9.99. The molecule has 0 radical (unpaired) electrons. The van der Waals surface area contributed by atoms with Crippen LogP contribution in [0.1, 0.15) is 28.6 Å². The summed E-state index contributed by atoms with van der Waals surface area (Å²) >= 11 is 0. The van der Waals surface area contributed by atoms with E-state index in [9.17, 15) is 40.8 Å². The highest BCUT2D eigenvalue weighted by atomic mass is 16.7. The quantitative estimate of drug-likeness (QED) is 0.0611. The third kappa shape index (κ3) is 8.90. The van der Waals surface area contributed by atoms with Crippen LogP contribution >= 0.6 is 0 Å². The van der Waals surface area contributed by atoms with Crippen LogP contribution in [0, 0.1) is 10.1 Å². The molecule has 6 atom stereocenters. The number of aromatic nitrogens is 4. The van der Waals surface area contributed by atoms with Gasteiger partial charge in [0.05, 0.1) is 22.7 Å². The van der Waals surface area contributed by atoms with Crippen molar-refractivity contribution in [3.8, 4) is 17.2 Å². The van der Waals surface area contributed by atoms with Crippen LogP contribution in [0.2, 0.25) is 0 Å². The number of phenolic OH excluding ortho intramolecular Hbond substituents is 2. The Morgan fingerprint density at radius 1 is 0.810 bits per heavy atom. The average Bonchev–Trinajstić information content (AvgIpc) is 3.66. The monoisotopic (exact) mass is 793 g/mol. The number of nitrogens with zero attached hydrogens (tertiary/aromatic N) is 7. The van der Waals surface area contributed by atoms with E-state index in [4.69, 9.17) is 9.47 Å². The zero-order chi connectivity index (χ0) is 40.8. The van der Waals surface area contributed by atoms with Crippen LogP contribution in [0.15, 0.2) is 115 Å². The van der Waals surface area contributed by atoms with Crippen LogP contribution in [0.3, 0.4) is 0 Å². The number of nitro benzene ring substituents is 1. The van der Waals surface area contributed by atoms with Crippen molar-refractivity contribution in [3.63, 3.8) is 0 Å². The van der Waals surface area contributed by atoms with Crippen molar-refractivity contribution < 1.29 is 45.0 Å². The van der Waals surface area contributed by atoms with Crippen molar-refractivity contribution in [1.82, 2.24) is 29.8 Å². The Bertz CT molecular complexity index is 2260. The molecule has 6 N–H and O–H groups in total. The zero-order valence-electron chi connectivity index (χ0n) is 31.1. The van der Waals surface area contributed by atoms with E-state index in [2.05, 4.69) is 20.2 Å². The summed E-state index contributed by atoms with van der Waals surface area (Å²) < 4.78 is 12.9. The average molecular weight is 794 g/mol. The lowest BCUT2D eigenvalue weighted by Gasteiger charge is -2.39. The molecule has 1 aliphatic heterocycles. The number of rotatable bonds is 16. The Balaban J connectivity index is 1.29. The van der Waals surface area contributed by atoms with Crippen LogP contribution in [-0.4, -0.2) is 116 Å². The van der Waals surface area contributed by atoms with Gasteiger partial charge in [0.15, 0.2) is 5.75 Å². The van der Waals surface area contributed by atoms with Gasteiger partial charge in [-0.3, -0.25) is 24.9 Å². The fraction of sp³-hybridized carbons (Fsp3) is 0.293. The van der Waals surface area contributed by atoms with Crippen molar-refractivity contribution in [2.75, 3.05) is 19.7 Å². The number of hydrogen-bond donors (Lipinski definition) is 6. The molecule has 0 spiro atoms. The number of aliphatic hydroxyl groups excluding tert-OH is 4. The number of ether oxygens (including phenoxy) is 2. The largest absolute Gasteiger partial charge is 0.508 e. The summed E-state index contributed by atoms with van der Waals surface area (Å²) in [4.78, 5) is 20.8. The normalized spacial score (nSPS) is 20.1. The van der Waals surface area contributed by atoms with E-state index < -0.39 is 54.1 Å². The Labute approximate surface area is 332 Å². The van der Waals surface area contributed by atoms with Crippen molar-refractivity contribution in [2.24, 2.45) is 0 Å². The molecular weight excluding hydrogens is 750 g/mol. The number of pyridine rings is 1. The van der Waals surface area contributed by atoms with Crippen LogP contribution in [-0.2, 0) is 24.4 Å². The molecule has 6 aromatic rings. The van der Waals surface area contributed by atoms with Crippen molar-refractivity contribution in [3.05, 3.63) is 148 Å². The number of benzene rings is 4. The minimum absolute atomic E-state index is 0.125. The van der Waals surface area contributed by atoms with Crippen molar-refractivity contribution in [2.45, 2.75) is 56.5 Å². The van der Waals surface area contributed by atoms with Gasteiger partial charge in [0.2, 0.25) is 6.29 Å². The van der Waals surface area contributed by atoms with E-state index >= 15 is 0 Å². The molecular formula is C41H43N7O10. The molecule has 0 amide bonds. The van der Waals surface area contributed by atoms with Gasteiger partial charge in [-0.2, -0.15) is 0 Å². The van der Waals surface area contributed by atoms with E-state index in [-0.39, 0.29) is 23.8 Å². The van der Waals surface area contributed by atoms with Gasteiger partial charge < -0.3 is 40.1 Å². The summed E-state index contributed by atoms with van der Waals surface area (Å²) in [7, 11) is 0. The van der Waals surface area contributed by atoms with Gasteiger partial charge in [0.25, 0.3) is 0 Å². The first-order valence-corrected chi connectivity index (χ1v) is 18.6. The van der Waals surface area contributed by atoms with Gasteiger partial charge >= 0.3 is 5.69 Å². The van der Waals surface area contributed by atoms with Crippen molar-refractivity contribution in [1.29, 1.82) is 0 Å². The summed E-state index contributed by atoms with van der Waals surface area (Å²) in [5.74, 6) is -0.0473. The number of fused-ring (bicyclic) bond motifs is 1. The second-order valence-electron chi connectivity index (χ2n) is 14.0. The molecule has 1 unspecified atom stereocenters. The number of aromatic hydroxyl groups is 2. The number of hydrogen-bond acceptors (Lipinski definition) is 15. The van der Waals surface area contributed by atoms with E-state index in [1.54, 1.807) is 53.3 Å². The van der Waals surface area contributed by atoms with Crippen molar-refractivity contribution >= 4 is 16.7 Å². The molecule has 17 nitrogen and oxygen atoms in total. The maximum atomic E-state index is 12.7. The van der Waals surface area contributed by atoms with Crippen LogP contribution in [0.4, 0.5) is 5.69 Å². The van der Waals surface area contributed by atoms with E-state index in [1.165, 1.54) is 12.1 Å². The standard InChI is InChI=1S/C41H43N7O10/c49-25-36-37(52)38(53)39(54)41(58-36)57-35-17-16-26(21-32(35)48(55)56)40(47-31-13-4-3-12-30(31)43-44-47)46(24-29-11-7-8-18-42-29)20-19-45(22-27-9-1-5-14-33(27)50)23-28-10-2-6-15-34(28)51/h1-18,21,36-41,49-54H,19-20,22-25H2/t36-,37+,38+,39-,40?,41-/m1/s1. The molecule has 2 aromatic heterocycles. The predicted octanol–water partition coefficient (Wildman–Crippen LogP) is 3.08. The second-order valence-corrected chi connectivity index (χ2v) is 14.0. The molecule has 0 aliphatic carbocycles. The zero-order valence-corrected chi connectivity index (χ0v) is 31.1. The lowest BCUT2D eigenvalue weighted by molar-refractivity contribution is -0.387. The summed E-state index contributed by atoms with van der Waals surface area (Å²) in [5.41, 5.74) is 3.19. The Morgan fingerprint density at radius 2 is 1.48 bits per heavy atom. The minimum Gasteiger partial charge on any atom is -0.508 e. The topological polar surface area (TPSA) is 233 Å². The maximum absolute atomic E-state index is 12.7. The second kappa shape index (κ2) is 18.0. The first-order valence-electron chi connectivity index (χ1n) is 18.6. The minimum atomic E-state index is -1.79. The van der Waals surface area contributed by atoms with Gasteiger partial charge in [0, 0.05) is 56.1 Å². The number of aliphatic hydroxyl groups is 4. The predicted molar refractivity (Wildman–Crippen MR) is 208 cm³/mol. The molecule has 1 saturated heterocycles. The molecule has 3 heterocycles. The molecule has 0 saturated carbocycles. The highest BCUT2D eigenvalue weighted by molar-refractivity contribution is 5.74. The van der Waals surface area contributed by atoms with Gasteiger partial charge in [-0.1, -0.05) is 65.9 Å². The smallest absolute Gasteiger partial charge is 0.311 e. The molecule has 4 aromatic carbocycles. The lowest BCUT2D eigenvalue weighted by Crippen LogP contribution is -2.60. The van der Waals surface area contributed by atoms with Gasteiger partial charge in [-0.05, 0) is 48.0 Å². The SMILES string of the molecule is O=[N+]([O-])c1cc(C(N(CCN(Cc2ccccc2O)Cc2ccccc2O)Cc2ccccn2)n2nnc3ccccc32)ccc1O[C@@H]1O[C@H](CO)[C@H](O)[C@H](O)[C@H]1O. The van der Waals surface area contributed by atoms with E-state index in [0.29, 0.717) is 59.6 Å². The summed E-state index contributed by atoms with van der Waals surface area (Å²) in [6, 6.07) is 31.2. The fourth-order valence-corrected chi connectivity index (χ4v) is 7.04. The van der Waals surface area contributed by atoms with E-state index in [0.717, 1.165) is 0 Å². The molecule has 302 valence electrons.